The summed E-state index contributed by atoms with van der Waals surface area (Å²) in [5.41, 5.74) is -0.374. The van der Waals surface area contributed by atoms with Crippen molar-refractivity contribution in [3.05, 3.63) is 34.1 Å². The first-order valence-corrected chi connectivity index (χ1v) is 5.94. The van der Waals surface area contributed by atoms with Gasteiger partial charge in [0.25, 0.3) is 0 Å². The minimum Gasteiger partial charge on any atom is -0.326 e. The molecule has 0 spiro atoms. The summed E-state index contributed by atoms with van der Waals surface area (Å²) in [5.74, 6) is -1.12. The number of amides is 1. The third kappa shape index (κ3) is 2.87. The zero-order chi connectivity index (χ0) is 14.0. The topological polar surface area (TPSA) is 84.3 Å². The van der Waals surface area contributed by atoms with E-state index >= 15 is 0 Å². The average molecular weight is 267 g/mol. The Labute approximate surface area is 109 Å². The van der Waals surface area contributed by atoms with Gasteiger partial charge in [-0.2, -0.15) is 4.39 Å². The van der Waals surface area contributed by atoms with E-state index in [-0.39, 0.29) is 23.4 Å². The van der Waals surface area contributed by atoms with Gasteiger partial charge in [0.15, 0.2) is 0 Å². The highest BCUT2D eigenvalue weighted by Crippen LogP contribution is 2.23. The molecule has 7 heteroatoms. The molecule has 19 heavy (non-hydrogen) atoms. The molecule has 1 aliphatic heterocycles. The Hall–Kier alpha value is -2.02. The number of rotatable bonds is 3. The third-order valence-electron chi connectivity index (χ3n) is 3.27. The summed E-state index contributed by atoms with van der Waals surface area (Å²) in [5, 5.41) is 16.2. The number of nitrogens with zero attached hydrogens (tertiary/aromatic N) is 1. The van der Waals surface area contributed by atoms with Crippen molar-refractivity contribution >= 4 is 17.3 Å². The highest BCUT2D eigenvalue weighted by Gasteiger charge is 2.29. The lowest BCUT2D eigenvalue weighted by Crippen LogP contribution is -2.27. The summed E-state index contributed by atoms with van der Waals surface area (Å²) >= 11 is 0. The first kappa shape index (κ1) is 13.4. The number of anilines is 1. The van der Waals surface area contributed by atoms with E-state index in [4.69, 9.17) is 0 Å². The fourth-order valence-electron chi connectivity index (χ4n) is 2.13. The van der Waals surface area contributed by atoms with Gasteiger partial charge in [-0.3, -0.25) is 14.9 Å². The standard InChI is InChI=1S/C12H14FN3O3/c1-7-5-14-6-9(7)12(17)15-8-2-3-11(16(18)19)10(13)4-8/h2-4,7,9,14H,5-6H2,1H3,(H,15,17). The van der Waals surface area contributed by atoms with Crippen LogP contribution < -0.4 is 10.6 Å². The summed E-state index contributed by atoms with van der Waals surface area (Å²) in [4.78, 5) is 21.6. The Kier molecular flexibility index (Phi) is 3.75. The van der Waals surface area contributed by atoms with Gasteiger partial charge in [-0.05, 0) is 18.5 Å². The summed E-state index contributed by atoms with van der Waals surface area (Å²) < 4.78 is 13.4. The van der Waals surface area contributed by atoms with Crippen molar-refractivity contribution in [1.29, 1.82) is 0 Å². The fraction of sp³-hybridized carbons (Fsp3) is 0.417. The van der Waals surface area contributed by atoms with Gasteiger partial charge < -0.3 is 10.6 Å². The summed E-state index contributed by atoms with van der Waals surface area (Å²) in [6.45, 7) is 3.32. The van der Waals surface area contributed by atoms with Crippen molar-refractivity contribution in [3.63, 3.8) is 0 Å². The predicted molar refractivity (Wildman–Crippen MR) is 67.2 cm³/mol. The molecule has 1 heterocycles. The molecule has 2 N–H and O–H groups in total. The quantitative estimate of drug-likeness (QED) is 0.642. The second kappa shape index (κ2) is 5.31. The number of benzene rings is 1. The Morgan fingerprint density at radius 1 is 1.53 bits per heavy atom. The van der Waals surface area contributed by atoms with Crippen molar-refractivity contribution in [3.8, 4) is 0 Å². The Morgan fingerprint density at radius 3 is 2.79 bits per heavy atom. The van der Waals surface area contributed by atoms with Crippen molar-refractivity contribution < 1.29 is 14.1 Å². The van der Waals surface area contributed by atoms with Crippen LogP contribution in [-0.4, -0.2) is 23.9 Å². The molecule has 1 aromatic rings. The first-order chi connectivity index (χ1) is 8.99. The number of carbonyl (C=O) groups is 1. The van der Waals surface area contributed by atoms with Crippen LogP contribution in [0.25, 0.3) is 0 Å². The molecule has 0 bridgehead atoms. The largest absolute Gasteiger partial charge is 0.326 e. The molecule has 1 fully saturated rings. The van der Waals surface area contributed by atoms with Gasteiger partial charge in [0.05, 0.1) is 10.8 Å². The van der Waals surface area contributed by atoms with E-state index < -0.39 is 16.4 Å². The van der Waals surface area contributed by atoms with Crippen LogP contribution in [-0.2, 0) is 4.79 Å². The van der Waals surface area contributed by atoms with Crippen LogP contribution in [0.15, 0.2) is 18.2 Å². The van der Waals surface area contributed by atoms with Gasteiger partial charge in [0, 0.05) is 24.4 Å². The average Bonchev–Trinajstić information content (AvgIpc) is 2.75. The minimum absolute atomic E-state index is 0.168. The molecular formula is C12H14FN3O3. The first-order valence-electron chi connectivity index (χ1n) is 5.94. The number of hydrogen-bond donors (Lipinski definition) is 2. The fourth-order valence-corrected chi connectivity index (χ4v) is 2.13. The maximum absolute atomic E-state index is 13.4. The molecule has 0 aliphatic carbocycles. The third-order valence-corrected chi connectivity index (χ3v) is 3.27. The van der Waals surface area contributed by atoms with Crippen LogP contribution in [0.3, 0.4) is 0 Å². The highest BCUT2D eigenvalue weighted by molar-refractivity contribution is 5.93. The van der Waals surface area contributed by atoms with E-state index in [2.05, 4.69) is 10.6 Å². The van der Waals surface area contributed by atoms with Crippen molar-refractivity contribution in [2.24, 2.45) is 11.8 Å². The van der Waals surface area contributed by atoms with E-state index in [1.165, 1.54) is 6.07 Å². The number of hydrogen-bond acceptors (Lipinski definition) is 4. The Bertz CT molecular complexity index is 521. The molecule has 2 unspecified atom stereocenters. The number of nitro groups is 1. The number of nitrogens with one attached hydrogen (secondary N) is 2. The predicted octanol–water partition coefficient (Wildman–Crippen LogP) is 1.53. The SMILES string of the molecule is CC1CNCC1C(=O)Nc1ccc([N+](=O)[O-])c(F)c1. The molecular weight excluding hydrogens is 253 g/mol. The maximum Gasteiger partial charge on any atom is 0.304 e. The highest BCUT2D eigenvalue weighted by atomic mass is 19.1. The van der Waals surface area contributed by atoms with Crippen LogP contribution in [0.2, 0.25) is 0 Å². The molecule has 1 aromatic carbocycles. The van der Waals surface area contributed by atoms with Crippen LogP contribution in [0, 0.1) is 27.8 Å². The lowest BCUT2D eigenvalue weighted by atomic mass is 9.97. The molecule has 0 radical (unpaired) electrons. The van der Waals surface area contributed by atoms with Crippen LogP contribution >= 0.6 is 0 Å². The molecule has 1 aliphatic rings. The molecule has 2 atom stereocenters. The van der Waals surface area contributed by atoms with Crippen LogP contribution in [0.5, 0.6) is 0 Å². The van der Waals surface area contributed by atoms with E-state index in [0.29, 0.717) is 6.54 Å². The molecule has 1 amide bonds. The molecule has 1 saturated heterocycles. The minimum atomic E-state index is -0.958. The van der Waals surface area contributed by atoms with E-state index in [0.717, 1.165) is 18.7 Å². The van der Waals surface area contributed by atoms with Gasteiger partial charge in [-0.25, -0.2) is 0 Å². The number of carbonyl (C=O) groups excluding carboxylic acids is 1. The van der Waals surface area contributed by atoms with Crippen molar-refractivity contribution in [1.82, 2.24) is 5.32 Å². The smallest absolute Gasteiger partial charge is 0.304 e. The normalized spacial score (nSPS) is 22.2. The van der Waals surface area contributed by atoms with Gasteiger partial charge in [0.2, 0.25) is 11.7 Å². The van der Waals surface area contributed by atoms with Crippen LogP contribution in [0.4, 0.5) is 15.8 Å². The van der Waals surface area contributed by atoms with Gasteiger partial charge >= 0.3 is 5.69 Å². The van der Waals surface area contributed by atoms with Gasteiger partial charge in [-0.1, -0.05) is 6.92 Å². The van der Waals surface area contributed by atoms with Gasteiger partial charge in [-0.15, -0.1) is 0 Å². The van der Waals surface area contributed by atoms with Crippen molar-refractivity contribution in [2.75, 3.05) is 18.4 Å². The molecule has 102 valence electrons. The molecule has 6 nitrogen and oxygen atoms in total. The summed E-state index contributed by atoms with van der Waals surface area (Å²) in [7, 11) is 0. The lowest BCUT2D eigenvalue weighted by Gasteiger charge is -2.14. The summed E-state index contributed by atoms with van der Waals surface area (Å²) in [6.07, 6.45) is 0. The monoisotopic (exact) mass is 267 g/mol. The zero-order valence-electron chi connectivity index (χ0n) is 10.4. The second-order valence-corrected chi connectivity index (χ2v) is 4.65. The maximum atomic E-state index is 13.4. The van der Waals surface area contributed by atoms with E-state index in [9.17, 15) is 19.3 Å². The number of halogens is 1. The molecule has 0 saturated carbocycles. The molecule has 2 rings (SSSR count). The van der Waals surface area contributed by atoms with Crippen LogP contribution in [0.1, 0.15) is 6.92 Å². The Balaban J connectivity index is 2.09. The lowest BCUT2D eigenvalue weighted by molar-refractivity contribution is -0.387. The van der Waals surface area contributed by atoms with E-state index in [1.807, 2.05) is 6.92 Å². The Morgan fingerprint density at radius 2 is 2.26 bits per heavy atom. The summed E-state index contributed by atoms with van der Waals surface area (Å²) in [6, 6.07) is 3.33. The van der Waals surface area contributed by atoms with Gasteiger partial charge in [0.1, 0.15) is 0 Å². The number of nitro benzene ring substituents is 1. The van der Waals surface area contributed by atoms with E-state index in [1.54, 1.807) is 0 Å². The second-order valence-electron chi connectivity index (χ2n) is 4.65. The van der Waals surface area contributed by atoms with Crippen molar-refractivity contribution in [2.45, 2.75) is 6.92 Å². The molecule has 0 aromatic heterocycles. The zero-order valence-corrected chi connectivity index (χ0v) is 10.4.